The first-order valence-electron chi connectivity index (χ1n) is 6.82. The zero-order valence-electron chi connectivity index (χ0n) is 11.8. The Morgan fingerprint density at radius 3 is 2.20 bits per heavy atom. The third kappa shape index (κ3) is 3.68. The van der Waals surface area contributed by atoms with E-state index in [-0.39, 0.29) is 0 Å². The smallest absolute Gasteiger partial charge is 0.125 e. The van der Waals surface area contributed by atoms with Gasteiger partial charge in [0, 0.05) is 19.2 Å². The topological polar surface area (TPSA) is 64.4 Å². The number of nitrogens with zero attached hydrogens (tertiary/aromatic N) is 1. The summed E-state index contributed by atoms with van der Waals surface area (Å²) in [6.45, 7) is 0.590. The van der Waals surface area contributed by atoms with Gasteiger partial charge in [0.1, 0.15) is 5.84 Å². The lowest BCUT2D eigenvalue weighted by atomic mass is 10.0. The molecule has 0 aliphatic rings. The predicted octanol–water partition coefficient (Wildman–Crippen LogP) is 2.27. The number of nitrogens with two attached hydrogens (primary N) is 2. The Morgan fingerprint density at radius 1 is 0.950 bits per heavy atom. The Balaban J connectivity index is 2.07. The van der Waals surface area contributed by atoms with Crippen molar-refractivity contribution in [1.29, 1.82) is 0 Å². The summed E-state index contributed by atoms with van der Waals surface area (Å²) in [7, 11) is 1.71. The molecule has 0 aromatic heterocycles. The molecule has 2 aromatic rings. The Kier molecular flexibility index (Phi) is 4.91. The number of hydrogen-bond donors (Lipinski definition) is 2. The van der Waals surface area contributed by atoms with E-state index in [2.05, 4.69) is 41.4 Å². The van der Waals surface area contributed by atoms with Gasteiger partial charge in [0.2, 0.25) is 0 Å². The van der Waals surface area contributed by atoms with Gasteiger partial charge in [0.25, 0.3) is 0 Å². The molecule has 4 N–H and O–H groups in total. The first-order valence-corrected chi connectivity index (χ1v) is 6.82. The maximum Gasteiger partial charge on any atom is 0.125 e. The summed E-state index contributed by atoms with van der Waals surface area (Å²) >= 11 is 0. The van der Waals surface area contributed by atoms with Gasteiger partial charge in [-0.1, -0.05) is 42.5 Å². The van der Waals surface area contributed by atoms with Crippen LogP contribution in [0.25, 0.3) is 0 Å². The fraction of sp³-hybridized carbons (Fsp3) is 0.235. The van der Waals surface area contributed by atoms with Crippen LogP contribution in [-0.2, 0) is 19.4 Å². The number of aryl methyl sites for hydroxylation is 2. The van der Waals surface area contributed by atoms with Crippen molar-refractivity contribution in [3.63, 3.8) is 0 Å². The summed E-state index contributed by atoms with van der Waals surface area (Å²) in [5.41, 5.74) is 16.3. The number of aliphatic imine (C=N–C) groups is 1. The van der Waals surface area contributed by atoms with Crippen molar-refractivity contribution in [2.24, 2.45) is 16.5 Å². The molecule has 0 radical (unpaired) electrons. The molecule has 2 aromatic carbocycles. The van der Waals surface area contributed by atoms with Gasteiger partial charge in [-0.3, -0.25) is 4.99 Å². The highest BCUT2D eigenvalue weighted by atomic mass is 14.8. The summed E-state index contributed by atoms with van der Waals surface area (Å²) in [6.07, 6.45) is 1.99. The fourth-order valence-electron chi connectivity index (χ4n) is 2.22. The molecule has 0 amide bonds. The van der Waals surface area contributed by atoms with Crippen LogP contribution in [0.2, 0.25) is 0 Å². The van der Waals surface area contributed by atoms with Crippen LogP contribution >= 0.6 is 0 Å². The highest BCUT2D eigenvalue weighted by Gasteiger charge is 2.01. The van der Waals surface area contributed by atoms with Crippen LogP contribution in [-0.4, -0.2) is 12.9 Å². The van der Waals surface area contributed by atoms with E-state index >= 15 is 0 Å². The zero-order chi connectivity index (χ0) is 14.4. The molecule has 3 nitrogen and oxygen atoms in total. The maximum atomic E-state index is 5.84. The van der Waals surface area contributed by atoms with Gasteiger partial charge in [-0.25, -0.2) is 0 Å². The molecule has 0 unspecified atom stereocenters. The minimum absolute atomic E-state index is 0.581. The quantitative estimate of drug-likeness (QED) is 0.644. The molecular weight excluding hydrogens is 246 g/mol. The van der Waals surface area contributed by atoms with Crippen LogP contribution < -0.4 is 11.5 Å². The summed E-state index contributed by atoms with van der Waals surface area (Å²) in [5, 5.41) is 0. The Hall–Kier alpha value is -2.13. The van der Waals surface area contributed by atoms with Crippen LogP contribution in [0.1, 0.15) is 22.3 Å². The van der Waals surface area contributed by atoms with Gasteiger partial charge in [-0.05, 0) is 35.6 Å². The van der Waals surface area contributed by atoms with Crippen molar-refractivity contribution in [3.8, 4) is 0 Å². The Labute approximate surface area is 120 Å². The second-order valence-corrected chi connectivity index (χ2v) is 4.83. The average molecular weight is 267 g/mol. The third-order valence-corrected chi connectivity index (χ3v) is 3.39. The standard InChI is InChI=1S/C17H21N3/c1-20-17(19)16-7-3-5-14(11-16)9-8-13-4-2-6-15(10-13)12-18/h2-7,10-11H,8-9,12,18H2,1H3,(H2,19,20). The van der Waals surface area contributed by atoms with E-state index in [1.54, 1.807) is 7.05 Å². The van der Waals surface area contributed by atoms with Crippen molar-refractivity contribution >= 4 is 5.84 Å². The average Bonchev–Trinajstić information content (AvgIpc) is 2.52. The molecule has 0 atom stereocenters. The highest BCUT2D eigenvalue weighted by Crippen LogP contribution is 2.11. The molecule has 0 heterocycles. The van der Waals surface area contributed by atoms with Crippen LogP contribution in [0.3, 0.4) is 0 Å². The van der Waals surface area contributed by atoms with Gasteiger partial charge >= 0.3 is 0 Å². The molecule has 0 aliphatic heterocycles. The summed E-state index contributed by atoms with van der Waals surface area (Å²) < 4.78 is 0. The first kappa shape index (κ1) is 14.3. The lowest BCUT2D eigenvalue weighted by Crippen LogP contribution is -2.13. The van der Waals surface area contributed by atoms with E-state index in [4.69, 9.17) is 11.5 Å². The minimum atomic E-state index is 0.581. The normalized spacial score (nSPS) is 11.6. The van der Waals surface area contributed by atoms with E-state index in [1.165, 1.54) is 16.7 Å². The molecule has 0 aliphatic carbocycles. The molecule has 104 valence electrons. The summed E-state index contributed by atoms with van der Waals surface area (Å²) in [6, 6.07) is 16.7. The molecule has 0 fully saturated rings. The second kappa shape index (κ2) is 6.87. The van der Waals surface area contributed by atoms with Crippen LogP contribution in [0, 0.1) is 0 Å². The van der Waals surface area contributed by atoms with Crippen molar-refractivity contribution in [2.45, 2.75) is 19.4 Å². The highest BCUT2D eigenvalue weighted by molar-refractivity contribution is 5.97. The Morgan fingerprint density at radius 2 is 1.55 bits per heavy atom. The van der Waals surface area contributed by atoms with Crippen LogP contribution in [0.4, 0.5) is 0 Å². The van der Waals surface area contributed by atoms with Gasteiger partial charge in [0.05, 0.1) is 0 Å². The molecular formula is C17H21N3. The maximum absolute atomic E-state index is 5.84. The van der Waals surface area contributed by atoms with Crippen molar-refractivity contribution in [2.75, 3.05) is 7.05 Å². The van der Waals surface area contributed by atoms with E-state index in [1.807, 2.05) is 12.1 Å². The largest absolute Gasteiger partial charge is 0.384 e. The van der Waals surface area contributed by atoms with Crippen LogP contribution in [0.15, 0.2) is 53.5 Å². The Bertz CT molecular complexity index is 603. The predicted molar refractivity (Wildman–Crippen MR) is 84.8 cm³/mol. The first-order chi connectivity index (χ1) is 9.72. The van der Waals surface area contributed by atoms with E-state index in [9.17, 15) is 0 Å². The van der Waals surface area contributed by atoms with Crippen molar-refractivity contribution < 1.29 is 0 Å². The minimum Gasteiger partial charge on any atom is -0.384 e. The van der Waals surface area contributed by atoms with Gasteiger partial charge in [-0.2, -0.15) is 0 Å². The lowest BCUT2D eigenvalue weighted by Gasteiger charge is -2.06. The zero-order valence-corrected chi connectivity index (χ0v) is 11.8. The van der Waals surface area contributed by atoms with E-state index in [0.29, 0.717) is 12.4 Å². The van der Waals surface area contributed by atoms with Crippen molar-refractivity contribution in [3.05, 3.63) is 70.8 Å². The molecule has 0 saturated carbocycles. The molecule has 0 bridgehead atoms. The summed E-state index contributed by atoms with van der Waals surface area (Å²) in [4.78, 5) is 4.02. The third-order valence-electron chi connectivity index (χ3n) is 3.39. The molecule has 0 spiro atoms. The number of benzene rings is 2. The van der Waals surface area contributed by atoms with E-state index < -0.39 is 0 Å². The van der Waals surface area contributed by atoms with Gasteiger partial charge in [0.15, 0.2) is 0 Å². The second-order valence-electron chi connectivity index (χ2n) is 4.83. The molecule has 20 heavy (non-hydrogen) atoms. The van der Waals surface area contributed by atoms with Crippen molar-refractivity contribution in [1.82, 2.24) is 0 Å². The molecule has 0 saturated heterocycles. The van der Waals surface area contributed by atoms with Gasteiger partial charge < -0.3 is 11.5 Å². The van der Waals surface area contributed by atoms with Crippen LogP contribution in [0.5, 0.6) is 0 Å². The van der Waals surface area contributed by atoms with E-state index in [0.717, 1.165) is 18.4 Å². The molecule has 3 heteroatoms. The monoisotopic (exact) mass is 267 g/mol. The summed E-state index contributed by atoms with van der Waals surface area (Å²) in [5.74, 6) is 0.581. The fourth-order valence-corrected chi connectivity index (χ4v) is 2.22. The number of hydrogen-bond acceptors (Lipinski definition) is 2. The molecule has 2 rings (SSSR count). The SMILES string of the molecule is CN=C(N)c1cccc(CCc2cccc(CN)c2)c1. The lowest BCUT2D eigenvalue weighted by molar-refractivity contribution is 0.950. The number of amidine groups is 1. The van der Waals surface area contributed by atoms with Gasteiger partial charge in [-0.15, -0.1) is 0 Å². The number of rotatable bonds is 5.